The Kier molecular flexibility index (Phi) is 2.68. The van der Waals surface area contributed by atoms with Crippen LogP contribution in [0.15, 0.2) is 21.8 Å². The van der Waals surface area contributed by atoms with Gasteiger partial charge in [0.1, 0.15) is 4.60 Å². The lowest BCUT2D eigenvalue weighted by atomic mass is 10.5. The first-order chi connectivity index (χ1) is 4.74. The van der Waals surface area contributed by atoms with Crippen molar-refractivity contribution < 1.29 is 4.39 Å². The van der Waals surface area contributed by atoms with E-state index in [2.05, 4.69) is 20.9 Å². The normalized spacial score (nSPS) is 9.90. The maximum Gasteiger partial charge on any atom is 0.157 e. The van der Waals surface area contributed by atoms with Gasteiger partial charge < -0.3 is 0 Å². The third-order valence-electron chi connectivity index (χ3n) is 1.01. The van der Waals surface area contributed by atoms with E-state index in [9.17, 15) is 4.39 Å². The van der Waals surface area contributed by atoms with Crippen LogP contribution in [-0.4, -0.2) is 11.2 Å². The molecule has 54 valence electrons. The number of nitrogens with zero attached hydrogens (tertiary/aromatic N) is 1. The van der Waals surface area contributed by atoms with Crippen LogP contribution in [-0.2, 0) is 0 Å². The molecular weight excluding hydrogens is 217 g/mol. The lowest BCUT2D eigenvalue weighted by molar-refractivity contribution is 0.608. The quantitative estimate of drug-likeness (QED) is 0.535. The number of hydrogen-bond donors (Lipinski definition) is 0. The van der Waals surface area contributed by atoms with Crippen molar-refractivity contribution in [1.29, 1.82) is 0 Å². The van der Waals surface area contributed by atoms with E-state index in [1.165, 1.54) is 17.8 Å². The fourth-order valence-electron chi connectivity index (χ4n) is 0.515. The molecule has 0 aliphatic carbocycles. The van der Waals surface area contributed by atoms with Gasteiger partial charge in [0.05, 0.1) is 0 Å². The summed E-state index contributed by atoms with van der Waals surface area (Å²) in [6.45, 7) is 0. The summed E-state index contributed by atoms with van der Waals surface area (Å²) in [6.07, 6.45) is 3.50. The molecule has 1 aromatic rings. The highest BCUT2D eigenvalue weighted by atomic mass is 79.9. The maximum atomic E-state index is 12.6. The highest BCUT2D eigenvalue weighted by molar-refractivity contribution is 9.10. The number of pyridine rings is 1. The number of halogens is 2. The Morgan fingerprint density at radius 3 is 2.90 bits per heavy atom. The van der Waals surface area contributed by atoms with Gasteiger partial charge in [-0.3, -0.25) is 0 Å². The Labute approximate surface area is 71.2 Å². The summed E-state index contributed by atoms with van der Waals surface area (Å²) in [5.41, 5.74) is 0. The molecule has 1 rings (SSSR count). The lowest BCUT2D eigenvalue weighted by Gasteiger charge is -1.95. The minimum absolute atomic E-state index is 0.269. The average Bonchev–Trinajstić information content (AvgIpc) is 1.95. The van der Waals surface area contributed by atoms with E-state index in [4.69, 9.17) is 0 Å². The van der Waals surface area contributed by atoms with Gasteiger partial charge in [0.2, 0.25) is 0 Å². The third-order valence-corrected chi connectivity index (χ3v) is 2.29. The molecule has 0 unspecified atom stereocenters. The molecule has 0 radical (unpaired) electrons. The van der Waals surface area contributed by atoms with Crippen molar-refractivity contribution in [3.8, 4) is 0 Å². The molecule has 0 amide bonds. The standard InChI is InChI=1S/C6H5BrFNS/c1-10-4-2-5(8)6(7)9-3-4/h2-3H,1H3. The van der Waals surface area contributed by atoms with Crippen molar-refractivity contribution in [3.05, 3.63) is 22.7 Å². The van der Waals surface area contributed by atoms with Gasteiger partial charge >= 0.3 is 0 Å². The fraction of sp³-hybridized carbons (Fsp3) is 0.167. The molecule has 1 aromatic heterocycles. The van der Waals surface area contributed by atoms with Crippen molar-refractivity contribution in [2.45, 2.75) is 4.90 Å². The minimum atomic E-state index is -0.313. The van der Waals surface area contributed by atoms with E-state index in [1.54, 1.807) is 6.20 Å². The van der Waals surface area contributed by atoms with E-state index in [0.29, 0.717) is 0 Å². The predicted octanol–water partition coefficient (Wildman–Crippen LogP) is 2.71. The largest absolute Gasteiger partial charge is 0.245 e. The van der Waals surface area contributed by atoms with Gasteiger partial charge in [-0.15, -0.1) is 11.8 Å². The van der Waals surface area contributed by atoms with Gasteiger partial charge in [0.15, 0.2) is 5.82 Å². The van der Waals surface area contributed by atoms with Gasteiger partial charge in [-0.05, 0) is 28.3 Å². The molecule has 0 aliphatic rings. The molecule has 0 saturated carbocycles. The summed E-state index contributed by atoms with van der Waals surface area (Å²) in [6, 6.07) is 1.45. The first kappa shape index (κ1) is 8.01. The molecular formula is C6H5BrFNS. The Morgan fingerprint density at radius 1 is 1.70 bits per heavy atom. The summed E-state index contributed by atoms with van der Waals surface area (Å²) >= 11 is 4.43. The van der Waals surface area contributed by atoms with Gasteiger partial charge in [0, 0.05) is 11.1 Å². The summed E-state index contributed by atoms with van der Waals surface area (Å²) in [5.74, 6) is -0.313. The van der Waals surface area contributed by atoms with E-state index in [1.807, 2.05) is 6.26 Å². The zero-order chi connectivity index (χ0) is 7.56. The molecule has 1 heterocycles. The van der Waals surface area contributed by atoms with E-state index in [-0.39, 0.29) is 10.4 Å². The van der Waals surface area contributed by atoms with Gasteiger partial charge in [-0.1, -0.05) is 0 Å². The second-order valence-corrected chi connectivity index (χ2v) is 3.28. The first-order valence-electron chi connectivity index (χ1n) is 2.59. The average molecular weight is 222 g/mol. The van der Waals surface area contributed by atoms with Crippen LogP contribution in [0.25, 0.3) is 0 Å². The predicted molar refractivity (Wildman–Crippen MR) is 43.7 cm³/mol. The molecule has 0 fully saturated rings. The fourth-order valence-corrected chi connectivity index (χ4v) is 1.11. The van der Waals surface area contributed by atoms with Crippen molar-refractivity contribution in [2.24, 2.45) is 0 Å². The molecule has 0 aromatic carbocycles. The lowest BCUT2D eigenvalue weighted by Crippen LogP contribution is -1.82. The molecule has 1 nitrogen and oxygen atoms in total. The highest BCUT2D eigenvalue weighted by Crippen LogP contribution is 2.18. The summed E-state index contributed by atoms with van der Waals surface area (Å²) < 4.78 is 12.9. The second-order valence-electron chi connectivity index (χ2n) is 1.65. The minimum Gasteiger partial charge on any atom is -0.245 e. The molecule has 0 bridgehead atoms. The van der Waals surface area contributed by atoms with Crippen LogP contribution in [0.1, 0.15) is 0 Å². The van der Waals surface area contributed by atoms with Crippen LogP contribution < -0.4 is 0 Å². The molecule has 0 saturated heterocycles. The SMILES string of the molecule is CSc1cnc(Br)c(F)c1. The number of rotatable bonds is 1. The van der Waals surface area contributed by atoms with Crippen molar-refractivity contribution in [2.75, 3.05) is 6.26 Å². The molecule has 10 heavy (non-hydrogen) atoms. The van der Waals surface area contributed by atoms with Crippen LogP contribution in [0, 0.1) is 5.82 Å². The molecule has 0 spiro atoms. The Hall–Kier alpha value is -0.0900. The molecule has 4 heteroatoms. The Balaban J connectivity index is 3.04. The van der Waals surface area contributed by atoms with Crippen LogP contribution in [0.2, 0.25) is 0 Å². The van der Waals surface area contributed by atoms with Crippen molar-refractivity contribution in [3.63, 3.8) is 0 Å². The summed E-state index contributed by atoms with van der Waals surface area (Å²) in [7, 11) is 0. The molecule has 0 aliphatic heterocycles. The summed E-state index contributed by atoms with van der Waals surface area (Å²) in [4.78, 5) is 4.60. The second kappa shape index (κ2) is 3.34. The number of hydrogen-bond acceptors (Lipinski definition) is 2. The van der Waals surface area contributed by atoms with Crippen LogP contribution in [0.5, 0.6) is 0 Å². The summed E-state index contributed by atoms with van der Waals surface area (Å²) in [5, 5.41) is 0. The van der Waals surface area contributed by atoms with Gasteiger partial charge in [0.25, 0.3) is 0 Å². The van der Waals surface area contributed by atoms with E-state index < -0.39 is 0 Å². The van der Waals surface area contributed by atoms with E-state index >= 15 is 0 Å². The smallest absolute Gasteiger partial charge is 0.157 e. The number of thioether (sulfide) groups is 1. The zero-order valence-corrected chi connectivity index (χ0v) is 7.67. The van der Waals surface area contributed by atoms with Crippen LogP contribution >= 0.6 is 27.7 Å². The van der Waals surface area contributed by atoms with E-state index in [0.717, 1.165) is 4.90 Å². The zero-order valence-electron chi connectivity index (χ0n) is 5.27. The van der Waals surface area contributed by atoms with Crippen molar-refractivity contribution in [1.82, 2.24) is 4.98 Å². The monoisotopic (exact) mass is 221 g/mol. The van der Waals surface area contributed by atoms with Gasteiger partial charge in [-0.2, -0.15) is 0 Å². The van der Waals surface area contributed by atoms with Crippen LogP contribution in [0.3, 0.4) is 0 Å². The Bertz CT molecular complexity index is 241. The van der Waals surface area contributed by atoms with Crippen molar-refractivity contribution >= 4 is 27.7 Å². The topological polar surface area (TPSA) is 12.9 Å². The highest BCUT2D eigenvalue weighted by Gasteiger charge is 1.99. The number of aromatic nitrogens is 1. The Morgan fingerprint density at radius 2 is 2.40 bits per heavy atom. The first-order valence-corrected chi connectivity index (χ1v) is 4.61. The molecule has 0 N–H and O–H groups in total. The maximum absolute atomic E-state index is 12.6. The third kappa shape index (κ3) is 1.70. The van der Waals surface area contributed by atoms with Gasteiger partial charge in [-0.25, -0.2) is 9.37 Å². The molecule has 0 atom stereocenters. The van der Waals surface area contributed by atoms with Crippen LogP contribution in [0.4, 0.5) is 4.39 Å².